The molecule has 0 N–H and O–H groups in total. The number of sulfonamides is 1. The Balaban J connectivity index is 3.25. The molecule has 0 atom stereocenters. The molecule has 0 saturated carbocycles. The first-order valence-corrected chi connectivity index (χ1v) is 8.01. The summed E-state index contributed by atoms with van der Waals surface area (Å²) >= 11 is 0. The van der Waals surface area contributed by atoms with Crippen molar-refractivity contribution in [3.05, 3.63) is 11.9 Å². The van der Waals surface area contributed by atoms with Crippen LogP contribution in [0.15, 0.2) is 6.07 Å². The molecule has 22 heavy (non-hydrogen) atoms. The Morgan fingerprint density at radius 2 is 1.73 bits per heavy atom. The van der Waals surface area contributed by atoms with E-state index in [1.54, 1.807) is 6.92 Å². The van der Waals surface area contributed by atoms with E-state index in [-0.39, 0.29) is 23.3 Å². The lowest BCUT2D eigenvalue weighted by molar-refractivity contribution is 0.0652. The Morgan fingerprint density at radius 3 is 2.14 bits per heavy atom. The van der Waals surface area contributed by atoms with Gasteiger partial charge in [-0.2, -0.15) is 9.97 Å². The quantitative estimate of drug-likeness (QED) is 0.624. The molecule has 0 aliphatic carbocycles. The Bertz CT molecular complexity index is 597. The summed E-state index contributed by atoms with van der Waals surface area (Å²) in [5, 5.41) is 0. The smallest absolute Gasteiger partial charge is 0.307 e. The molecule has 0 radical (unpaired) electrons. The van der Waals surface area contributed by atoms with Gasteiger partial charge in [0.15, 0.2) is 0 Å². The molecule has 1 heterocycles. The molecule has 124 valence electrons. The van der Waals surface area contributed by atoms with Gasteiger partial charge in [-0.25, -0.2) is 12.7 Å². The molecular weight excluding hydrogens is 314 g/mol. The lowest BCUT2D eigenvalue weighted by Gasteiger charge is -2.20. The highest BCUT2D eigenvalue weighted by Crippen LogP contribution is 2.17. The zero-order valence-corrected chi connectivity index (χ0v) is 13.7. The monoisotopic (exact) mass is 333 g/mol. The number of methoxy groups -OCH3 is 3. The summed E-state index contributed by atoms with van der Waals surface area (Å²) in [7, 11) is 0.178. The highest BCUT2D eigenvalue weighted by Gasteiger charge is 2.30. The molecule has 1 aromatic heterocycles. The highest BCUT2D eigenvalue weighted by atomic mass is 32.2. The molecule has 0 fully saturated rings. The van der Waals surface area contributed by atoms with Crippen molar-refractivity contribution < 1.29 is 27.4 Å². The van der Waals surface area contributed by atoms with Crippen molar-refractivity contribution in [2.75, 3.05) is 33.8 Å². The zero-order valence-electron chi connectivity index (χ0n) is 12.9. The number of carbonyl (C=O) groups excluding carboxylic acids is 1. The van der Waals surface area contributed by atoms with E-state index in [2.05, 4.69) is 9.97 Å². The van der Waals surface area contributed by atoms with E-state index < -0.39 is 22.7 Å². The van der Waals surface area contributed by atoms with E-state index in [0.717, 1.165) is 0 Å². The molecule has 0 unspecified atom stereocenters. The standard InChI is InChI=1S/C12H19N3O6S/c1-5-6-22(17,18)15(8-19-2)12(16)11-13-9(20-3)7-10(14-11)21-4/h7H,5-6,8H2,1-4H3. The SMILES string of the molecule is CCCS(=O)(=O)N(COC)C(=O)c1nc(OC)cc(OC)n1. The van der Waals surface area contributed by atoms with Gasteiger partial charge in [0.05, 0.1) is 26.0 Å². The van der Waals surface area contributed by atoms with E-state index in [0.29, 0.717) is 10.7 Å². The number of carbonyl (C=O) groups is 1. The minimum Gasteiger partial charge on any atom is -0.481 e. The second-order valence-corrected chi connectivity index (χ2v) is 6.18. The normalized spacial score (nSPS) is 11.1. The predicted octanol–water partition coefficient (Wildman–Crippen LogP) is 0.280. The summed E-state index contributed by atoms with van der Waals surface area (Å²) in [6, 6.07) is 1.37. The van der Waals surface area contributed by atoms with E-state index in [4.69, 9.17) is 14.2 Å². The van der Waals surface area contributed by atoms with Crippen LogP contribution in [0.1, 0.15) is 24.0 Å². The van der Waals surface area contributed by atoms with Gasteiger partial charge in [-0.3, -0.25) is 4.79 Å². The van der Waals surface area contributed by atoms with E-state index in [1.165, 1.54) is 27.4 Å². The first-order chi connectivity index (χ1) is 10.4. The van der Waals surface area contributed by atoms with Crippen LogP contribution in [0.4, 0.5) is 0 Å². The van der Waals surface area contributed by atoms with Crippen LogP contribution in [-0.2, 0) is 14.8 Å². The minimum absolute atomic E-state index is 0.0838. The van der Waals surface area contributed by atoms with Crippen LogP contribution in [0, 0.1) is 0 Å². The van der Waals surface area contributed by atoms with Crippen LogP contribution in [0.25, 0.3) is 0 Å². The third-order valence-electron chi connectivity index (χ3n) is 2.56. The lowest BCUT2D eigenvalue weighted by atomic mass is 10.5. The maximum Gasteiger partial charge on any atom is 0.307 e. The molecule has 0 saturated heterocycles. The third kappa shape index (κ3) is 4.28. The number of ether oxygens (including phenoxy) is 3. The summed E-state index contributed by atoms with van der Waals surface area (Å²) in [4.78, 5) is 20.1. The van der Waals surface area contributed by atoms with Gasteiger partial charge in [0.25, 0.3) is 0 Å². The molecule has 0 aliphatic rings. The van der Waals surface area contributed by atoms with E-state index >= 15 is 0 Å². The van der Waals surface area contributed by atoms with Crippen molar-refractivity contribution in [2.24, 2.45) is 0 Å². The number of nitrogens with zero attached hydrogens (tertiary/aromatic N) is 3. The van der Waals surface area contributed by atoms with Crippen molar-refractivity contribution in [3.63, 3.8) is 0 Å². The van der Waals surface area contributed by atoms with E-state index in [1.807, 2.05) is 0 Å². The molecule has 0 spiro atoms. The number of hydrogen-bond donors (Lipinski definition) is 0. The molecular formula is C12H19N3O6S. The second-order valence-electron chi connectivity index (χ2n) is 4.16. The van der Waals surface area contributed by atoms with Crippen LogP contribution in [0.2, 0.25) is 0 Å². The summed E-state index contributed by atoms with van der Waals surface area (Å²) in [5.41, 5.74) is 0. The van der Waals surface area contributed by atoms with Gasteiger partial charge in [0.2, 0.25) is 27.6 Å². The van der Waals surface area contributed by atoms with Crippen molar-refractivity contribution in [3.8, 4) is 11.8 Å². The molecule has 0 aliphatic heterocycles. The molecule has 0 bridgehead atoms. The predicted molar refractivity (Wildman–Crippen MR) is 77.3 cm³/mol. The van der Waals surface area contributed by atoms with Crippen LogP contribution >= 0.6 is 0 Å². The molecule has 1 aromatic rings. The van der Waals surface area contributed by atoms with Crippen LogP contribution in [-0.4, -0.2) is 62.4 Å². The fourth-order valence-electron chi connectivity index (χ4n) is 1.57. The van der Waals surface area contributed by atoms with Gasteiger partial charge in [-0.05, 0) is 6.42 Å². The van der Waals surface area contributed by atoms with Crippen LogP contribution in [0.3, 0.4) is 0 Å². The summed E-state index contributed by atoms with van der Waals surface area (Å²) in [6.07, 6.45) is 0.359. The summed E-state index contributed by atoms with van der Waals surface area (Å²) in [6.45, 7) is 1.27. The van der Waals surface area contributed by atoms with Gasteiger partial charge in [0, 0.05) is 7.11 Å². The van der Waals surface area contributed by atoms with Gasteiger partial charge in [0.1, 0.15) is 6.73 Å². The first kappa shape index (κ1) is 18.1. The lowest BCUT2D eigenvalue weighted by Crippen LogP contribution is -2.40. The molecule has 1 rings (SSSR count). The van der Waals surface area contributed by atoms with Crippen molar-refractivity contribution >= 4 is 15.9 Å². The van der Waals surface area contributed by atoms with Crippen molar-refractivity contribution in [2.45, 2.75) is 13.3 Å². The Morgan fingerprint density at radius 1 is 1.18 bits per heavy atom. The first-order valence-electron chi connectivity index (χ1n) is 6.40. The highest BCUT2D eigenvalue weighted by molar-refractivity contribution is 7.89. The zero-order chi connectivity index (χ0) is 16.8. The molecule has 9 nitrogen and oxygen atoms in total. The summed E-state index contributed by atoms with van der Waals surface area (Å²) in [5.74, 6) is -1.29. The van der Waals surface area contributed by atoms with Gasteiger partial charge in [-0.1, -0.05) is 6.92 Å². The van der Waals surface area contributed by atoms with Crippen LogP contribution < -0.4 is 9.47 Å². The number of hydrogen-bond acceptors (Lipinski definition) is 8. The molecule has 10 heteroatoms. The largest absolute Gasteiger partial charge is 0.481 e. The molecule has 0 aromatic carbocycles. The van der Waals surface area contributed by atoms with Gasteiger partial charge >= 0.3 is 5.91 Å². The van der Waals surface area contributed by atoms with Crippen molar-refractivity contribution in [1.82, 2.24) is 14.3 Å². The fraction of sp³-hybridized carbons (Fsp3) is 0.583. The molecule has 1 amide bonds. The van der Waals surface area contributed by atoms with Crippen molar-refractivity contribution in [1.29, 1.82) is 0 Å². The maximum absolute atomic E-state index is 12.4. The maximum atomic E-state index is 12.4. The van der Waals surface area contributed by atoms with Gasteiger partial charge < -0.3 is 14.2 Å². The average Bonchev–Trinajstić information content (AvgIpc) is 2.51. The topological polar surface area (TPSA) is 108 Å². The number of amides is 1. The third-order valence-corrected chi connectivity index (χ3v) is 4.43. The summed E-state index contributed by atoms with van der Waals surface area (Å²) < 4.78 is 39.6. The Kier molecular flexibility index (Phi) is 6.50. The second kappa shape index (κ2) is 7.90. The minimum atomic E-state index is -3.82. The van der Waals surface area contributed by atoms with E-state index in [9.17, 15) is 13.2 Å². The fourth-order valence-corrected chi connectivity index (χ4v) is 2.91. The number of rotatable bonds is 8. The average molecular weight is 333 g/mol. The Labute approximate surface area is 129 Å². The van der Waals surface area contributed by atoms with Gasteiger partial charge in [-0.15, -0.1) is 0 Å². The number of aromatic nitrogens is 2. The Hall–Kier alpha value is -1.94. The van der Waals surface area contributed by atoms with Crippen LogP contribution in [0.5, 0.6) is 11.8 Å².